The van der Waals surface area contributed by atoms with Gasteiger partial charge >= 0.3 is 6.09 Å². The molecule has 0 aliphatic heterocycles. The summed E-state index contributed by atoms with van der Waals surface area (Å²) in [5.74, 6) is -0.0909. The average Bonchev–Trinajstić information content (AvgIpc) is 2.69. The van der Waals surface area contributed by atoms with Crippen molar-refractivity contribution in [2.75, 3.05) is 5.32 Å². The second-order valence-electron chi connectivity index (χ2n) is 5.51. The van der Waals surface area contributed by atoms with Crippen LogP contribution in [0.3, 0.4) is 0 Å². The van der Waals surface area contributed by atoms with Crippen LogP contribution >= 0.6 is 0 Å². The van der Waals surface area contributed by atoms with Gasteiger partial charge in [-0.15, -0.1) is 0 Å². The molecule has 7 heteroatoms. The van der Waals surface area contributed by atoms with E-state index in [2.05, 4.69) is 5.32 Å². The van der Waals surface area contributed by atoms with Crippen molar-refractivity contribution in [3.63, 3.8) is 0 Å². The summed E-state index contributed by atoms with van der Waals surface area (Å²) < 4.78 is 5.11. The van der Waals surface area contributed by atoms with Gasteiger partial charge in [0.15, 0.2) is 5.78 Å². The highest BCUT2D eigenvalue weighted by Crippen LogP contribution is 2.21. The first-order valence-electron chi connectivity index (χ1n) is 7.96. The van der Waals surface area contributed by atoms with E-state index >= 15 is 0 Å². The smallest absolute Gasteiger partial charge is 0.410 e. The van der Waals surface area contributed by atoms with Gasteiger partial charge < -0.3 is 4.74 Å². The first-order valence-corrected chi connectivity index (χ1v) is 7.96. The van der Waals surface area contributed by atoms with Gasteiger partial charge in [0.1, 0.15) is 5.75 Å². The number of amides is 1. The minimum Gasteiger partial charge on any atom is -0.410 e. The maximum Gasteiger partial charge on any atom is 0.417 e. The summed E-state index contributed by atoms with van der Waals surface area (Å²) in [7, 11) is 0. The normalized spacial score (nSPS) is 10.1. The summed E-state index contributed by atoms with van der Waals surface area (Å²) in [4.78, 5) is 34.9. The molecule has 3 rings (SSSR count). The van der Waals surface area contributed by atoms with Crippen LogP contribution in [0.4, 0.5) is 16.2 Å². The Morgan fingerprint density at radius 3 is 2.15 bits per heavy atom. The maximum absolute atomic E-state index is 12.7. The van der Waals surface area contributed by atoms with E-state index in [0.29, 0.717) is 16.8 Å². The van der Waals surface area contributed by atoms with Crippen molar-refractivity contribution in [2.45, 2.75) is 0 Å². The van der Waals surface area contributed by atoms with Crippen molar-refractivity contribution in [2.24, 2.45) is 0 Å². The molecule has 0 saturated carbocycles. The van der Waals surface area contributed by atoms with Gasteiger partial charge in [0.25, 0.3) is 5.69 Å². The molecule has 0 fully saturated rings. The SMILES string of the molecule is O=C(Nc1ccccc1C(=O)c1ccccc1)Oc1ccc([N+](=O)[O-])cc1. The summed E-state index contributed by atoms with van der Waals surface area (Å²) in [6, 6.07) is 20.4. The highest BCUT2D eigenvalue weighted by Gasteiger charge is 2.16. The molecule has 0 saturated heterocycles. The topological polar surface area (TPSA) is 98.5 Å². The standard InChI is InChI=1S/C20H14N2O5/c23-19(14-6-2-1-3-7-14)17-8-4-5-9-18(17)21-20(24)27-16-12-10-15(11-13-16)22(25)26/h1-13H,(H,21,24). The third kappa shape index (κ3) is 4.35. The number of nitro groups is 1. The Balaban J connectivity index is 1.75. The van der Waals surface area contributed by atoms with Crippen LogP contribution in [0.1, 0.15) is 15.9 Å². The van der Waals surface area contributed by atoms with E-state index < -0.39 is 11.0 Å². The highest BCUT2D eigenvalue weighted by atomic mass is 16.6. The number of non-ortho nitro benzene ring substituents is 1. The number of ketones is 1. The lowest BCUT2D eigenvalue weighted by Gasteiger charge is -2.10. The van der Waals surface area contributed by atoms with Crippen molar-refractivity contribution in [1.82, 2.24) is 0 Å². The summed E-state index contributed by atoms with van der Waals surface area (Å²) in [5, 5.41) is 13.2. The number of nitrogens with zero attached hydrogens (tertiary/aromatic N) is 1. The van der Waals surface area contributed by atoms with Gasteiger partial charge in [-0.3, -0.25) is 20.2 Å². The van der Waals surface area contributed by atoms with Gasteiger partial charge in [-0.1, -0.05) is 42.5 Å². The fourth-order valence-corrected chi connectivity index (χ4v) is 2.41. The zero-order valence-electron chi connectivity index (χ0n) is 14.0. The molecule has 3 aromatic carbocycles. The number of ether oxygens (including phenoxy) is 1. The molecule has 0 atom stereocenters. The van der Waals surface area contributed by atoms with Crippen LogP contribution in [-0.4, -0.2) is 16.8 Å². The molecule has 134 valence electrons. The van der Waals surface area contributed by atoms with E-state index in [-0.39, 0.29) is 17.2 Å². The van der Waals surface area contributed by atoms with Crippen LogP contribution in [0.15, 0.2) is 78.9 Å². The number of hydrogen-bond donors (Lipinski definition) is 1. The predicted molar refractivity (Wildman–Crippen MR) is 99.1 cm³/mol. The molecular weight excluding hydrogens is 348 g/mol. The van der Waals surface area contributed by atoms with E-state index in [1.807, 2.05) is 6.07 Å². The third-order valence-electron chi connectivity index (χ3n) is 3.70. The van der Waals surface area contributed by atoms with Crippen LogP contribution in [0, 0.1) is 10.1 Å². The molecule has 0 aliphatic rings. The van der Waals surface area contributed by atoms with Crippen molar-refractivity contribution in [3.05, 3.63) is 100 Å². The Hall–Kier alpha value is -4.00. The Kier molecular flexibility index (Phi) is 5.22. The number of nitrogens with one attached hydrogen (secondary N) is 1. The van der Waals surface area contributed by atoms with Gasteiger partial charge in [0.05, 0.1) is 10.6 Å². The number of carbonyl (C=O) groups excluding carboxylic acids is 2. The number of anilines is 1. The zero-order chi connectivity index (χ0) is 19.2. The van der Waals surface area contributed by atoms with Crippen LogP contribution in [-0.2, 0) is 0 Å². The summed E-state index contributed by atoms with van der Waals surface area (Å²) in [6.07, 6.45) is -0.808. The highest BCUT2D eigenvalue weighted by molar-refractivity contribution is 6.13. The molecule has 0 spiro atoms. The lowest BCUT2D eigenvalue weighted by Crippen LogP contribution is -2.19. The molecule has 0 bridgehead atoms. The van der Waals surface area contributed by atoms with E-state index in [1.165, 1.54) is 24.3 Å². The Bertz CT molecular complexity index is 985. The minimum absolute atomic E-state index is 0.110. The van der Waals surface area contributed by atoms with Crippen molar-refractivity contribution < 1.29 is 19.2 Å². The fraction of sp³-hybridized carbons (Fsp3) is 0. The van der Waals surface area contributed by atoms with Crippen LogP contribution in [0.2, 0.25) is 0 Å². The number of hydrogen-bond acceptors (Lipinski definition) is 5. The molecule has 27 heavy (non-hydrogen) atoms. The van der Waals surface area contributed by atoms with Crippen molar-refractivity contribution >= 4 is 23.3 Å². The largest absolute Gasteiger partial charge is 0.417 e. The Morgan fingerprint density at radius 1 is 0.852 bits per heavy atom. The first-order chi connectivity index (χ1) is 13.0. The van der Waals surface area contributed by atoms with Gasteiger partial charge in [-0.2, -0.15) is 0 Å². The van der Waals surface area contributed by atoms with Crippen LogP contribution in [0.25, 0.3) is 0 Å². The van der Waals surface area contributed by atoms with Crippen molar-refractivity contribution in [3.8, 4) is 5.75 Å². The lowest BCUT2D eigenvalue weighted by atomic mass is 10.0. The van der Waals surface area contributed by atoms with E-state index in [4.69, 9.17) is 4.74 Å². The van der Waals surface area contributed by atoms with Crippen LogP contribution < -0.4 is 10.1 Å². The molecule has 0 aromatic heterocycles. The van der Waals surface area contributed by atoms with Gasteiger partial charge in [-0.25, -0.2) is 4.79 Å². The number of rotatable bonds is 5. The fourth-order valence-electron chi connectivity index (χ4n) is 2.41. The molecule has 1 amide bonds. The molecule has 1 N–H and O–H groups in total. The number of para-hydroxylation sites is 1. The third-order valence-corrected chi connectivity index (χ3v) is 3.70. The quantitative estimate of drug-likeness (QED) is 0.411. The molecule has 3 aromatic rings. The number of nitro benzene ring substituents is 1. The van der Waals surface area contributed by atoms with E-state index in [1.54, 1.807) is 48.5 Å². The average molecular weight is 362 g/mol. The summed E-state index contributed by atoms with van der Waals surface area (Å²) in [5.41, 5.74) is 1.01. The Morgan fingerprint density at radius 2 is 1.48 bits per heavy atom. The molecule has 0 heterocycles. The van der Waals surface area contributed by atoms with Crippen LogP contribution in [0.5, 0.6) is 5.75 Å². The van der Waals surface area contributed by atoms with Crippen molar-refractivity contribution in [1.29, 1.82) is 0 Å². The van der Waals surface area contributed by atoms with Gasteiger partial charge in [0.2, 0.25) is 0 Å². The number of benzene rings is 3. The monoisotopic (exact) mass is 362 g/mol. The lowest BCUT2D eigenvalue weighted by molar-refractivity contribution is -0.384. The van der Waals surface area contributed by atoms with E-state index in [0.717, 1.165) is 0 Å². The molecule has 0 radical (unpaired) electrons. The predicted octanol–water partition coefficient (Wildman–Crippen LogP) is 4.44. The second-order valence-corrected chi connectivity index (χ2v) is 5.51. The molecule has 0 aliphatic carbocycles. The summed E-state index contributed by atoms with van der Waals surface area (Å²) in [6.45, 7) is 0. The van der Waals surface area contributed by atoms with Gasteiger partial charge in [-0.05, 0) is 24.3 Å². The van der Waals surface area contributed by atoms with Gasteiger partial charge in [0, 0.05) is 23.3 Å². The maximum atomic E-state index is 12.7. The Labute approximate surface area is 154 Å². The second kappa shape index (κ2) is 7.92. The molecular formula is C20H14N2O5. The molecule has 7 nitrogen and oxygen atoms in total. The first kappa shape index (κ1) is 17.8. The molecule has 0 unspecified atom stereocenters. The van der Waals surface area contributed by atoms with E-state index in [9.17, 15) is 19.7 Å². The zero-order valence-corrected chi connectivity index (χ0v) is 14.0. The summed E-state index contributed by atoms with van der Waals surface area (Å²) >= 11 is 0. The minimum atomic E-state index is -0.808. The number of carbonyl (C=O) groups is 2.